The minimum atomic E-state index is -1.57. The molecule has 10 heteroatoms. The van der Waals surface area contributed by atoms with Crippen molar-refractivity contribution < 1.29 is 13.7 Å². The van der Waals surface area contributed by atoms with E-state index in [2.05, 4.69) is 19.1 Å². The van der Waals surface area contributed by atoms with Gasteiger partial charge in [0.1, 0.15) is 23.6 Å². The molecule has 9 nitrogen and oxygen atoms in total. The van der Waals surface area contributed by atoms with E-state index in [4.69, 9.17) is 10.5 Å². The van der Waals surface area contributed by atoms with Crippen molar-refractivity contribution in [1.29, 1.82) is 0 Å². The van der Waals surface area contributed by atoms with E-state index >= 15 is 0 Å². The van der Waals surface area contributed by atoms with Crippen molar-refractivity contribution in [3.8, 4) is 5.75 Å². The van der Waals surface area contributed by atoms with Gasteiger partial charge in [-0.2, -0.15) is 4.40 Å². The lowest BCUT2D eigenvalue weighted by Crippen LogP contribution is -2.42. The Hall–Kier alpha value is -3.01. The number of likely N-dealkylation sites (tertiary alicyclic amines) is 1. The van der Waals surface area contributed by atoms with E-state index in [0.717, 1.165) is 12.8 Å². The third-order valence-electron chi connectivity index (χ3n) is 4.74. The number of carbonyl (C=O) groups excluding carboxylic acids is 1. The van der Waals surface area contributed by atoms with E-state index in [9.17, 15) is 9.00 Å². The molecule has 4 rings (SSSR count). The fraction of sp³-hybridized carbons (Fsp3) is 0.333. The van der Waals surface area contributed by atoms with Gasteiger partial charge in [-0.25, -0.2) is 14.2 Å². The number of hydrogen-bond donors (Lipinski definition) is 2. The summed E-state index contributed by atoms with van der Waals surface area (Å²) in [5.74, 6) is 0.876. The van der Waals surface area contributed by atoms with Gasteiger partial charge in [-0.05, 0) is 31.0 Å². The van der Waals surface area contributed by atoms with Crippen LogP contribution in [0.15, 0.2) is 41.2 Å². The van der Waals surface area contributed by atoms with Gasteiger partial charge in [-0.3, -0.25) is 9.52 Å². The van der Waals surface area contributed by atoms with Crippen LogP contribution in [-0.2, 0) is 11.2 Å². The van der Waals surface area contributed by atoms with Gasteiger partial charge in [0.2, 0.25) is 11.2 Å². The number of amidine groups is 1. The molecular formula is C18H20N6O3S. The average Bonchev–Trinajstić information content (AvgIpc) is 2.72. The van der Waals surface area contributed by atoms with Crippen molar-refractivity contribution in [3.63, 3.8) is 0 Å². The number of fused-ring (bicyclic) bond motifs is 1. The summed E-state index contributed by atoms with van der Waals surface area (Å²) < 4.78 is 24.3. The summed E-state index contributed by atoms with van der Waals surface area (Å²) >= 11 is -1.57. The van der Waals surface area contributed by atoms with Crippen LogP contribution in [0.3, 0.4) is 0 Å². The summed E-state index contributed by atoms with van der Waals surface area (Å²) in [5.41, 5.74) is 7.59. The van der Waals surface area contributed by atoms with Gasteiger partial charge in [-0.1, -0.05) is 6.07 Å². The molecule has 28 heavy (non-hydrogen) atoms. The number of benzene rings is 1. The van der Waals surface area contributed by atoms with Crippen molar-refractivity contribution in [1.82, 2.24) is 14.9 Å². The molecule has 0 bridgehead atoms. The summed E-state index contributed by atoms with van der Waals surface area (Å²) in [6.07, 6.45) is 4.82. The lowest BCUT2D eigenvalue weighted by molar-refractivity contribution is 0.0627. The number of ether oxygens (including phenoxy) is 1. The molecule has 2 unspecified atom stereocenters. The van der Waals surface area contributed by atoms with Gasteiger partial charge in [0, 0.05) is 25.2 Å². The van der Waals surface area contributed by atoms with E-state index in [1.54, 1.807) is 23.2 Å². The number of hydrogen-bond acceptors (Lipinski definition) is 6. The molecular weight excluding hydrogens is 380 g/mol. The zero-order valence-electron chi connectivity index (χ0n) is 15.1. The van der Waals surface area contributed by atoms with Gasteiger partial charge in [-0.15, -0.1) is 0 Å². The van der Waals surface area contributed by atoms with Crippen molar-refractivity contribution >= 4 is 28.6 Å². The van der Waals surface area contributed by atoms with E-state index in [1.807, 2.05) is 12.1 Å². The first kappa shape index (κ1) is 18.4. The molecule has 1 aromatic carbocycles. The topological polar surface area (TPSA) is 123 Å². The molecule has 1 saturated heterocycles. The summed E-state index contributed by atoms with van der Waals surface area (Å²) in [6, 6.07) is 7.02. The molecule has 3 N–H and O–H groups in total. The van der Waals surface area contributed by atoms with Gasteiger partial charge >= 0.3 is 0 Å². The van der Waals surface area contributed by atoms with Crippen LogP contribution in [0.25, 0.3) is 0 Å². The Balaban J connectivity index is 1.43. The maximum Gasteiger partial charge on any atom is 0.272 e. The minimum Gasteiger partial charge on any atom is -0.492 e. The predicted molar refractivity (Wildman–Crippen MR) is 105 cm³/mol. The van der Waals surface area contributed by atoms with Crippen LogP contribution in [0, 0.1) is 5.92 Å². The Bertz CT molecular complexity index is 936. The fourth-order valence-corrected chi connectivity index (χ4v) is 4.10. The number of amides is 1. The molecule has 0 spiro atoms. The summed E-state index contributed by atoms with van der Waals surface area (Å²) in [5, 5.41) is 0. The molecule has 2 atom stereocenters. The van der Waals surface area contributed by atoms with Crippen LogP contribution in [0.4, 0.5) is 5.69 Å². The quantitative estimate of drug-likeness (QED) is 0.793. The second kappa shape index (κ2) is 7.93. The maximum absolute atomic E-state index is 12.6. The number of aromatic nitrogens is 2. The molecule has 2 aliphatic heterocycles. The fourth-order valence-electron chi connectivity index (χ4n) is 3.42. The SMILES string of the molecule is NC1=NS(=O)Nc2cccc(OCC3CCCN(C(=O)c4ccncn4)C3)c21. The second-order valence-corrected chi connectivity index (χ2v) is 7.56. The number of anilines is 1. The molecule has 1 amide bonds. The predicted octanol–water partition coefficient (Wildman–Crippen LogP) is 1.12. The highest BCUT2D eigenvalue weighted by molar-refractivity contribution is 7.85. The van der Waals surface area contributed by atoms with Crippen LogP contribution < -0.4 is 15.2 Å². The number of nitrogens with zero attached hydrogens (tertiary/aromatic N) is 4. The summed E-state index contributed by atoms with van der Waals surface area (Å²) in [7, 11) is 0. The van der Waals surface area contributed by atoms with Crippen molar-refractivity contribution in [2.45, 2.75) is 12.8 Å². The second-order valence-electron chi connectivity index (χ2n) is 6.67. The molecule has 3 heterocycles. The first-order chi connectivity index (χ1) is 13.6. The lowest BCUT2D eigenvalue weighted by atomic mass is 9.98. The van der Waals surface area contributed by atoms with Crippen molar-refractivity contribution in [3.05, 3.63) is 48.0 Å². The Morgan fingerprint density at radius 3 is 3.11 bits per heavy atom. The molecule has 0 aliphatic carbocycles. The molecule has 0 saturated carbocycles. The van der Waals surface area contributed by atoms with Gasteiger partial charge < -0.3 is 15.4 Å². The third-order valence-corrected chi connectivity index (χ3v) is 5.50. The zero-order valence-corrected chi connectivity index (χ0v) is 15.9. The third kappa shape index (κ3) is 3.81. The van der Waals surface area contributed by atoms with Gasteiger partial charge in [0.25, 0.3) is 5.91 Å². The highest BCUT2D eigenvalue weighted by atomic mass is 32.2. The number of nitrogens with one attached hydrogen (secondary N) is 1. The highest BCUT2D eigenvalue weighted by Crippen LogP contribution is 2.30. The Morgan fingerprint density at radius 1 is 1.39 bits per heavy atom. The van der Waals surface area contributed by atoms with E-state index in [1.165, 1.54) is 6.33 Å². The largest absolute Gasteiger partial charge is 0.492 e. The van der Waals surface area contributed by atoms with Crippen molar-refractivity contribution in [2.24, 2.45) is 16.0 Å². The van der Waals surface area contributed by atoms with Crippen molar-refractivity contribution in [2.75, 3.05) is 24.4 Å². The molecule has 1 fully saturated rings. The number of nitrogens with two attached hydrogens (primary N) is 1. The Kier molecular flexibility index (Phi) is 5.20. The molecule has 1 aromatic heterocycles. The highest BCUT2D eigenvalue weighted by Gasteiger charge is 2.26. The van der Waals surface area contributed by atoms with Crippen LogP contribution in [0.1, 0.15) is 28.9 Å². The standard InChI is InChI=1S/C18H20N6O3S/c19-17-16-13(22-28(26)23-17)4-1-5-15(16)27-10-12-3-2-8-24(9-12)18(25)14-6-7-20-11-21-14/h1,4-7,11-12,22H,2-3,8-10H2,(H2,19,23). The normalized spacial score (nSPS) is 21.3. The van der Waals surface area contributed by atoms with Crippen LogP contribution >= 0.6 is 0 Å². The first-order valence-corrected chi connectivity index (χ1v) is 10.1. The molecule has 146 valence electrons. The first-order valence-electron chi connectivity index (χ1n) is 8.96. The summed E-state index contributed by atoms with van der Waals surface area (Å²) in [4.78, 5) is 22.3. The maximum atomic E-state index is 12.6. The molecule has 0 radical (unpaired) electrons. The Labute approximate surface area is 164 Å². The lowest BCUT2D eigenvalue weighted by Gasteiger charge is -2.32. The Morgan fingerprint density at radius 2 is 2.29 bits per heavy atom. The van der Waals surface area contributed by atoms with Crippen LogP contribution in [0.5, 0.6) is 5.75 Å². The minimum absolute atomic E-state index is 0.0905. The molecule has 2 aliphatic rings. The van der Waals surface area contributed by atoms with Gasteiger partial charge in [0.05, 0.1) is 17.9 Å². The zero-order chi connectivity index (χ0) is 19.5. The number of rotatable bonds is 4. The van der Waals surface area contributed by atoms with E-state index in [-0.39, 0.29) is 17.7 Å². The van der Waals surface area contributed by atoms with E-state index in [0.29, 0.717) is 42.4 Å². The monoisotopic (exact) mass is 400 g/mol. The molecule has 2 aromatic rings. The van der Waals surface area contributed by atoms with Crippen LogP contribution in [0.2, 0.25) is 0 Å². The van der Waals surface area contributed by atoms with Gasteiger partial charge in [0.15, 0.2) is 0 Å². The smallest absolute Gasteiger partial charge is 0.272 e. The van der Waals surface area contributed by atoms with E-state index < -0.39 is 11.2 Å². The number of carbonyl (C=O) groups is 1. The van der Waals surface area contributed by atoms with Crippen LogP contribution in [-0.4, -0.2) is 50.5 Å². The summed E-state index contributed by atoms with van der Waals surface area (Å²) in [6.45, 7) is 1.75. The number of piperidine rings is 1. The average molecular weight is 400 g/mol.